The predicted octanol–water partition coefficient (Wildman–Crippen LogP) is 2.78. The van der Waals surface area contributed by atoms with Crippen molar-refractivity contribution in [1.29, 1.82) is 5.26 Å². The molecule has 0 saturated carbocycles. The Bertz CT molecular complexity index is 1410. The summed E-state index contributed by atoms with van der Waals surface area (Å²) in [6.45, 7) is 1.94. The van der Waals surface area contributed by atoms with E-state index in [1.165, 1.54) is 19.1 Å². The van der Waals surface area contributed by atoms with Gasteiger partial charge in [-0.05, 0) is 30.7 Å². The third-order valence-corrected chi connectivity index (χ3v) is 5.98. The number of aryl methyl sites for hydroxylation is 2. The van der Waals surface area contributed by atoms with Crippen LogP contribution in [0.4, 0.5) is 5.69 Å². The van der Waals surface area contributed by atoms with Gasteiger partial charge >= 0.3 is 11.9 Å². The molecule has 1 aliphatic heterocycles. The fraction of sp³-hybridized carbons (Fsp3) is 0.200. The molecule has 0 radical (unpaired) electrons. The number of carbonyl (C=O) groups is 2. The van der Waals surface area contributed by atoms with Crippen LogP contribution in [-0.4, -0.2) is 35.9 Å². The molecule has 1 unspecified atom stereocenters. The number of nitriles is 1. The van der Waals surface area contributed by atoms with E-state index in [0.29, 0.717) is 16.8 Å². The van der Waals surface area contributed by atoms with Crippen molar-refractivity contribution in [2.24, 2.45) is 12.8 Å². The molecule has 4 rings (SSSR count). The Morgan fingerprint density at radius 3 is 2.38 bits per heavy atom. The number of rotatable bonds is 4. The monoisotopic (exact) mass is 457 g/mol. The normalized spacial score (nSPS) is 16.0. The minimum atomic E-state index is -0.912. The van der Waals surface area contributed by atoms with E-state index in [2.05, 4.69) is 11.2 Å². The summed E-state index contributed by atoms with van der Waals surface area (Å²) in [7, 11) is 4.26. The van der Waals surface area contributed by atoms with Crippen LogP contribution in [0.5, 0.6) is 0 Å². The lowest BCUT2D eigenvalue weighted by atomic mass is 9.81. The van der Waals surface area contributed by atoms with Crippen LogP contribution in [0.1, 0.15) is 17.2 Å². The third-order valence-electron chi connectivity index (χ3n) is 5.98. The molecule has 0 aliphatic carbocycles. The molecule has 0 saturated heterocycles. The third kappa shape index (κ3) is 3.46. The highest BCUT2D eigenvalue weighted by Crippen LogP contribution is 2.43. The first-order valence-corrected chi connectivity index (χ1v) is 10.4. The zero-order valence-electron chi connectivity index (χ0n) is 19.2. The fourth-order valence-corrected chi connectivity index (χ4v) is 4.24. The van der Waals surface area contributed by atoms with Crippen molar-refractivity contribution >= 4 is 28.5 Å². The summed E-state index contributed by atoms with van der Waals surface area (Å²) in [6.07, 6.45) is 0. The van der Waals surface area contributed by atoms with E-state index in [4.69, 9.17) is 15.2 Å². The quantitative estimate of drug-likeness (QED) is 0.593. The minimum absolute atomic E-state index is 0.0106. The van der Waals surface area contributed by atoms with Crippen LogP contribution >= 0.6 is 0 Å². The molecule has 2 heterocycles. The zero-order valence-corrected chi connectivity index (χ0v) is 19.2. The summed E-state index contributed by atoms with van der Waals surface area (Å²) < 4.78 is 11.8. The van der Waals surface area contributed by atoms with Crippen LogP contribution in [0, 0.1) is 18.3 Å². The number of aromatic nitrogens is 2. The smallest absolute Gasteiger partial charge is 0.355 e. The number of hydrogen-bond donors (Lipinski definition) is 1. The summed E-state index contributed by atoms with van der Waals surface area (Å²) in [4.78, 5) is 27.6. The molecular weight excluding hydrogens is 434 g/mol. The molecule has 1 aromatic heterocycles. The Morgan fingerprint density at radius 2 is 1.76 bits per heavy atom. The van der Waals surface area contributed by atoms with Crippen LogP contribution < -0.4 is 10.6 Å². The summed E-state index contributed by atoms with van der Waals surface area (Å²) in [5.74, 6) is -2.46. The highest BCUT2D eigenvalue weighted by molar-refractivity contribution is 6.06. The van der Waals surface area contributed by atoms with Gasteiger partial charge < -0.3 is 15.2 Å². The van der Waals surface area contributed by atoms with E-state index in [1.54, 1.807) is 41.1 Å². The molecule has 2 N–H and O–H groups in total. The number of hydrogen-bond acceptors (Lipinski definition) is 8. The molecule has 1 atom stereocenters. The van der Waals surface area contributed by atoms with Crippen LogP contribution in [0.2, 0.25) is 0 Å². The first-order chi connectivity index (χ1) is 16.3. The molecule has 9 heteroatoms. The second-order valence-corrected chi connectivity index (χ2v) is 7.75. The van der Waals surface area contributed by atoms with Gasteiger partial charge in [-0.3, -0.25) is 9.58 Å². The number of benzene rings is 2. The molecule has 0 spiro atoms. The Kier molecular flexibility index (Phi) is 5.82. The lowest BCUT2D eigenvalue weighted by Crippen LogP contribution is -2.40. The second-order valence-electron chi connectivity index (χ2n) is 7.75. The molecule has 0 bridgehead atoms. The molecule has 0 fully saturated rings. The van der Waals surface area contributed by atoms with Gasteiger partial charge in [-0.15, -0.1) is 0 Å². The lowest BCUT2D eigenvalue weighted by Gasteiger charge is -2.35. The molecule has 3 aromatic rings. The number of carbonyl (C=O) groups excluding carboxylic acids is 2. The van der Waals surface area contributed by atoms with Gasteiger partial charge in [0.05, 0.1) is 48.6 Å². The number of esters is 2. The van der Waals surface area contributed by atoms with Gasteiger partial charge in [0.15, 0.2) is 0 Å². The van der Waals surface area contributed by atoms with Gasteiger partial charge in [-0.1, -0.05) is 30.3 Å². The molecule has 172 valence electrons. The van der Waals surface area contributed by atoms with Gasteiger partial charge in [-0.2, -0.15) is 10.4 Å². The Hall–Kier alpha value is -4.58. The topological polar surface area (TPSA) is 123 Å². The van der Waals surface area contributed by atoms with Crippen LogP contribution in [0.25, 0.3) is 10.9 Å². The predicted molar refractivity (Wildman–Crippen MR) is 125 cm³/mol. The maximum atomic E-state index is 13.1. The van der Waals surface area contributed by atoms with Gasteiger partial charge in [0, 0.05) is 18.1 Å². The number of allylic oxidation sites excluding steroid dienone is 1. The summed E-state index contributed by atoms with van der Waals surface area (Å²) in [6, 6.07) is 16.3. The lowest BCUT2D eigenvalue weighted by molar-refractivity contribution is -0.139. The minimum Gasteiger partial charge on any atom is -0.466 e. The molecule has 1 aliphatic rings. The van der Waals surface area contributed by atoms with E-state index in [0.717, 1.165) is 11.1 Å². The molecular formula is C25H23N5O4. The Morgan fingerprint density at radius 1 is 1.09 bits per heavy atom. The van der Waals surface area contributed by atoms with Crippen molar-refractivity contribution in [3.05, 3.63) is 82.5 Å². The highest BCUT2D eigenvalue weighted by Gasteiger charge is 2.43. The van der Waals surface area contributed by atoms with Crippen molar-refractivity contribution in [2.45, 2.75) is 12.8 Å². The van der Waals surface area contributed by atoms with E-state index in [9.17, 15) is 14.9 Å². The van der Waals surface area contributed by atoms with Crippen LogP contribution in [0.3, 0.4) is 0 Å². The molecule has 0 amide bonds. The van der Waals surface area contributed by atoms with Gasteiger partial charge in [0.2, 0.25) is 0 Å². The number of methoxy groups -OCH3 is 2. The van der Waals surface area contributed by atoms with Crippen molar-refractivity contribution in [2.75, 3.05) is 19.1 Å². The number of ether oxygens (including phenoxy) is 2. The van der Waals surface area contributed by atoms with Crippen LogP contribution in [0.15, 0.2) is 71.2 Å². The summed E-state index contributed by atoms with van der Waals surface area (Å²) in [5, 5.41) is 15.5. The zero-order chi connectivity index (χ0) is 24.6. The Balaban J connectivity index is 2.06. The molecule has 34 heavy (non-hydrogen) atoms. The SMILES string of the molecule is COC(=O)C1=C(C(=O)OC)N(c2ccc3c(C)n(C)nc3c2)C(N)=C(C#N)C1c1ccccc1. The van der Waals surface area contributed by atoms with E-state index < -0.39 is 17.9 Å². The number of nitrogens with two attached hydrogens (primary N) is 1. The van der Waals surface area contributed by atoms with Gasteiger partial charge in [-0.25, -0.2) is 9.59 Å². The Labute approximate surface area is 196 Å². The van der Waals surface area contributed by atoms with E-state index in [-0.39, 0.29) is 22.7 Å². The van der Waals surface area contributed by atoms with Crippen molar-refractivity contribution < 1.29 is 19.1 Å². The average Bonchev–Trinajstić information content (AvgIpc) is 3.15. The number of anilines is 1. The summed E-state index contributed by atoms with van der Waals surface area (Å²) >= 11 is 0. The van der Waals surface area contributed by atoms with Crippen molar-refractivity contribution in [3.8, 4) is 6.07 Å². The maximum Gasteiger partial charge on any atom is 0.355 e. The summed E-state index contributed by atoms with van der Waals surface area (Å²) in [5.41, 5.74) is 9.16. The number of nitrogens with zero attached hydrogens (tertiary/aromatic N) is 4. The standard InChI is InChI=1S/C25H23N5O4/c1-14-17-11-10-16(12-19(17)28-29(14)2)30-22(25(32)34-4)21(24(31)33-3)20(18(13-26)23(30)27)15-8-6-5-7-9-15/h5-12,20H,27H2,1-4H3. The first kappa shape index (κ1) is 22.6. The van der Waals surface area contributed by atoms with Gasteiger partial charge in [0.1, 0.15) is 11.5 Å². The largest absolute Gasteiger partial charge is 0.466 e. The average molecular weight is 457 g/mol. The number of fused-ring (bicyclic) bond motifs is 1. The van der Waals surface area contributed by atoms with E-state index >= 15 is 0 Å². The van der Waals surface area contributed by atoms with Gasteiger partial charge in [0.25, 0.3) is 0 Å². The van der Waals surface area contributed by atoms with Crippen molar-refractivity contribution in [3.63, 3.8) is 0 Å². The maximum absolute atomic E-state index is 13.1. The van der Waals surface area contributed by atoms with Crippen molar-refractivity contribution in [1.82, 2.24) is 9.78 Å². The second kappa shape index (κ2) is 8.75. The van der Waals surface area contributed by atoms with Crippen LogP contribution in [-0.2, 0) is 26.1 Å². The molecule has 9 nitrogen and oxygen atoms in total. The fourth-order valence-electron chi connectivity index (χ4n) is 4.24. The molecule has 2 aromatic carbocycles. The highest BCUT2D eigenvalue weighted by atomic mass is 16.5. The first-order valence-electron chi connectivity index (χ1n) is 10.4. The van der Waals surface area contributed by atoms with E-state index in [1.807, 2.05) is 26.1 Å².